The molecule has 1 N–H and O–H groups in total. The topological polar surface area (TPSA) is 59.4 Å². The number of carbonyl (C=O) groups excluding carboxylic acids is 1. The number of aliphatic hydroxyl groups is 1. The van der Waals surface area contributed by atoms with Crippen molar-refractivity contribution < 1.29 is 14.6 Å². The molecule has 2 aromatic rings. The van der Waals surface area contributed by atoms with Gasteiger partial charge in [0.05, 0.1) is 23.3 Å². The first kappa shape index (κ1) is 14.8. The van der Waals surface area contributed by atoms with Gasteiger partial charge in [0.1, 0.15) is 0 Å². The Balaban J connectivity index is 2.53. The van der Waals surface area contributed by atoms with Gasteiger partial charge in [-0.3, -0.25) is 4.98 Å². The van der Waals surface area contributed by atoms with Gasteiger partial charge in [0, 0.05) is 22.2 Å². The molecule has 2 rings (SSSR count). The Bertz CT molecular complexity index is 662. The molecular formula is C15H16ClNO3. The Labute approximate surface area is 122 Å². The fourth-order valence-corrected chi connectivity index (χ4v) is 2.35. The molecule has 0 spiro atoms. The molecule has 1 aromatic heterocycles. The lowest BCUT2D eigenvalue weighted by atomic mass is 9.96. The molecule has 0 aliphatic carbocycles. The van der Waals surface area contributed by atoms with Crippen LogP contribution in [-0.4, -0.2) is 22.7 Å². The van der Waals surface area contributed by atoms with E-state index >= 15 is 0 Å². The van der Waals surface area contributed by atoms with Crippen LogP contribution in [0.5, 0.6) is 0 Å². The summed E-state index contributed by atoms with van der Waals surface area (Å²) in [7, 11) is 0. The number of benzene rings is 1. The van der Waals surface area contributed by atoms with E-state index in [0.717, 1.165) is 5.39 Å². The number of carbonyl (C=O) groups is 1. The minimum atomic E-state index is -1.05. The number of hydrogen-bond donors (Lipinski definition) is 1. The molecule has 0 aliphatic heterocycles. The number of halogens is 1. The first-order valence-electron chi connectivity index (χ1n) is 6.32. The average molecular weight is 294 g/mol. The van der Waals surface area contributed by atoms with E-state index in [1.165, 1.54) is 6.20 Å². The van der Waals surface area contributed by atoms with Crippen LogP contribution in [0.4, 0.5) is 0 Å². The molecular weight excluding hydrogens is 278 g/mol. The molecule has 0 unspecified atom stereocenters. The Morgan fingerprint density at radius 2 is 2.10 bits per heavy atom. The number of aromatic nitrogens is 1. The van der Waals surface area contributed by atoms with Gasteiger partial charge in [-0.15, -0.1) is 0 Å². The minimum absolute atomic E-state index is 0.315. The second kappa shape index (κ2) is 5.38. The van der Waals surface area contributed by atoms with E-state index in [1.54, 1.807) is 39.0 Å². The molecule has 1 heterocycles. The van der Waals surface area contributed by atoms with Crippen LogP contribution in [0, 0.1) is 0 Å². The third-order valence-electron chi connectivity index (χ3n) is 2.94. The van der Waals surface area contributed by atoms with E-state index in [1.807, 2.05) is 0 Å². The zero-order valence-electron chi connectivity index (χ0n) is 11.6. The summed E-state index contributed by atoms with van der Waals surface area (Å²) in [6.07, 6.45) is 1.46. The van der Waals surface area contributed by atoms with E-state index in [0.29, 0.717) is 28.3 Å². The molecule has 5 heteroatoms. The zero-order valence-corrected chi connectivity index (χ0v) is 12.4. The zero-order chi connectivity index (χ0) is 14.9. The van der Waals surface area contributed by atoms with E-state index in [2.05, 4.69) is 4.98 Å². The first-order valence-corrected chi connectivity index (χ1v) is 6.70. The standard InChI is InChI=1S/C15H16ClNO3/c1-4-20-14(18)10-5-9-6-12(16)11(15(2,3)19)7-13(9)17-8-10/h5-8,19H,4H2,1-3H3. The average Bonchev–Trinajstić information content (AvgIpc) is 2.36. The Morgan fingerprint density at radius 1 is 1.40 bits per heavy atom. The summed E-state index contributed by atoms with van der Waals surface area (Å²) in [5, 5.41) is 11.2. The highest BCUT2D eigenvalue weighted by Gasteiger charge is 2.20. The number of pyridine rings is 1. The molecule has 20 heavy (non-hydrogen) atoms. The summed E-state index contributed by atoms with van der Waals surface area (Å²) in [6.45, 7) is 5.38. The fraction of sp³-hybridized carbons (Fsp3) is 0.333. The monoisotopic (exact) mass is 293 g/mol. The maximum Gasteiger partial charge on any atom is 0.339 e. The molecule has 0 saturated heterocycles. The van der Waals surface area contributed by atoms with Gasteiger partial charge in [0.15, 0.2) is 0 Å². The summed E-state index contributed by atoms with van der Waals surface area (Å²) in [5.41, 5.74) is 0.598. The van der Waals surface area contributed by atoms with Crippen molar-refractivity contribution >= 4 is 28.5 Å². The van der Waals surface area contributed by atoms with Gasteiger partial charge in [0.25, 0.3) is 0 Å². The summed E-state index contributed by atoms with van der Waals surface area (Å²) < 4.78 is 4.93. The Morgan fingerprint density at radius 3 is 2.70 bits per heavy atom. The third-order valence-corrected chi connectivity index (χ3v) is 3.25. The highest BCUT2D eigenvalue weighted by Crippen LogP contribution is 2.31. The number of ether oxygens (including phenoxy) is 1. The van der Waals surface area contributed by atoms with Crippen LogP contribution in [0.15, 0.2) is 24.4 Å². The Hall–Kier alpha value is -1.65. The number of hydrogen-bond acceptors (Lipinski definition) is 4. The molecule has 1 aromatic carbocycles. The number of fused-ring (bicyclic) bond motifs is 1. The van der Waals surface area contributed by atoms with E-state index in [4.69, 9.17) is 16.3 Å². The molecule has 4 nitrogen and oxygen atoms in total. The number of esters is 1. The molecule has 0 radical (unpaired) electrons. The highest BCUT2D eigenvalue weighted by atomic mass is 35.5. The van der Waals surface area contributed by atoms with Crippen LogP contribution in [0.2, 0.25) is 5.02 Å². The predicted molar refractivity (Wildman–Crippen MR) is 78.0 cm³/mol. The van der Waals surface area contributed by atoms with Crippen molar-refractivity contribution in [1.82, 2.24) is 4.98 Å². The lowest BCUT2D eigenvalue weighted by Crippen LogP contribution is -2.16. The van der Waals surface area contributed by atoms with Gasteiger partial charge in [-0.1, -0.05) is 11.6 Å². The van der Waals surface area contributed by atoms with Crippen molar-refractivity contribution in [2.24, 2.45) is 0 Å². The van der Waals surface area contributed by atoms with E-state index < -0.39 is 11.6 Å². The Kier molecular flexibility index (Phi) is 3.97. The second-order valence-electron chi connectivity index (χ2n) is 5.03. The maximum absolute atomic E-state index is 11.7. The fourth-order valence-electron chi connectivity index (χ4n) is 1.94. The maximum atomic E-state index is 11.7. The quantitative estimate of drug-likeness (QED) is 0.882. The van der Waals surface area contributed by atoms with Crippen molar-refractivity contribution in [3.05, 3.63) is 40.5 Å². The van der Waals surface area contributed by atoms with Crippen LogP contribution in [0.1, 0.15) is 36.7 Å². The smallest absolute Gasteiger partial charge is 0.339 e. The summed E-state index contributed by atoms with van der Waals surface area (Å²) >= 11 is 6.18. The largest absolute Gasteiger partial charge is 0.462 e. The van der Waals surface area contributed by atoms with Gasteiger partial charge >= 0.3 is 5.97 Å². The third kappa shape index (κ3) is 2.92. The van der Waals surface area contributed by atoms with Gasteiger partial charge < -0.3 is 9.84 Å². The highest BCUT2D eigenvalue weighted by molar-refractivity contribution is 6.32. The molecule has 106 valence electrons. The lowest BCUT2D eigenvalue weighted by molar-refractivity contribution is 0.0526. The van der Waals surface area contributed by atoms with Crippen LogP contribution in [0.3, 0.4) is 0 Å². The van der Waals surface area contributed by atoms with Crippen molar-refractivity contribution in [2.75, 3.05) is 6.61 Å². The van der Waals surface area contributed by atoms with Crippen LogP contribution < -0.4 is 0 Å². The summed E-state index contributed by atoms with van der Waals surface area (Å²) in [4.78, 5) is 15.9. The molecule has 0 atom stereocenters. The van der Waals surface area contributed by atoms with Crippen molar-refractivity contribution in [1.29, 1.82) is 0 Å². The van der Waals surface area contributed by atoms with E-state index in [-0.39, 0.29) is 0 Å². The normalized spacial score (nSPS) is 11.7. The summed E-state index contributed by atoms with van der Waals surface area (Å²) in [5.74, 6) is -0.412. The van der Waals surface area contributed by atoms with Gasteiger partial charge in [-0.2, -0.15) is 0 Å². The predicted octanol–water partition coefficient (Wildman–Crippen LogP) is 3.29. The van der Waals surface area contributed by atoms with Gasteiger partial charge in [-0.05, 0) is 39.0 Å². The van der Waals surface area contributed by atoms with Gasteiger partial charge in [0.2, 0.25) is 0 Å². The van der Waals surface area contributed by atoms with Crippen molar-refractivity contribution in [3.63, 3.8) is 0 Å². The lowest BCUT2D eigenvalue weighted by Gasteiger charge is -2.19. The van der Waals surface area contributed by atoms with Crippen LogP contribution >= 0.6 is 11.6 Å². The minimum Gasteiger partial charge on any atom is -0.462 e. The number of nitrogens with zero attached hydrogens (tertiary/aromatic N) is 1. The first-order chi connectivity index (χ1) is 9.32. The van der Waals surface area contributed by atoms with Crippen LogP contribution in [0.25, 0.3) is 10.9 Å². The molecule has 0 aliphatic rings. The SMILES string of the molecule is CCOC(=O)c1cnc2cc(C(C)(C)O)c(Cl)cc2c1. The number of rotatable bonds is 3. The van der Waals surface area contributed by atoms with Crippen LogP contribution in [-0.2, 0) is 10.3 Å². The van der Waals surface area contributed by atoms with Gasteiger partial charge in [-0.25, -0.2) is 4.79 Å². The second-order valence-corrected chi connectivity index (χ2v) is 5.44. The molecule has 0 fully saturated rings. The summed E-state index contributed by atoms with van der Waals surface area (Å²) in [6, 6.07) is 5.10. The van der Waals surface area contributed by atoms with Crippen molar-refractivity contribution in [2.45, 2.75) is 26.4 Å². The molecule has 0 bridgehead atoms. The van der Waals surface area contributed by atoms with Crippen molar-refractivity contribution in [3.8, 4) is 0 Å². The van der Waals surface area contributed by atoms with E-state index in [9.17, 15) is 9.90 Å². The molecule has 0 saturated carbocycles. The molecule has 0 amide bonds.